The summed E-state index contributed by atoms with van der Waals surface area (Å²) in [7, 11) is -3.56. The lowest BCUT2D eigenvalue weighted by atomic mass is 10.2. The molecule has 1 N–H and O–H groups in total. The average Bonchev–Trinajstić information content (AvgIpc) is 2.80. The van der Waals surface area contributed by atoms with Gasteiger partial charge in [0.25, 0.3) is 12.0 Å². The Morgan fingerprint density at radius 3 is 2.41 bits per heavy atom. The summed E-state index contributed by atoms with van der Waals surface area (Å²) in [6, 6.07) is 5.52. The summed E-state index contributed by atoms with van der Waals surface area (Å²) in [4.78, 5) is 21.4. The zero-order valence-corrected chi connectivity index (χ0v) is 20.1. The third-order valence-corrected chi connectivity index (χ3v) is 7.84. The molecule has 8 nitrogen and oxygen atoms in total. The number of hydrogen-bond acceptors (Lipinski definition) is 6. The summed E-state index contributed by atoms with van der Waals surface area (Å²) in [6.07, 6.45) is 1.24. The minimum atomic E-state index is -3.56. The largest absolute Gasteiger partial charge is 0.324 e. The van der Waals surface area contributed by atoms with E-state index < -0.39 is 33.6 Å². The van der Waals surface area contributed by atoms with Crippen LogP contribution in [-0.4, -0.2) is 40.3 Å². The number of piperidine rings is 1. The number of nitrogens with one attached hydrogen (secondary N) is 1. The second-order valence-electron chi connectivity index (χ2n) is 8.71. The molecule has 34 heavy (non-hydrogen) atoms. The van der Waals surface area contributed by atoms with E-state index in [1.165, 1.54) is 15.1 Å². The molecule has 4 rings (SSSR count). The van der Waals surface area contributed by atoms with Crippen molar-refractivity contribution in [3.8, 4) is 0 Å². The molecule has 3 heterocycles. The molecule has 1 aliphatic rings. The first-order valence-corrected chi connectivity index (χ1v) is 12.6. The van der Waals surface area contributed by atoms with Crippen molar-refractivity contribution in [1.82, 2.24) is 18.8 Å². The van der Waals surface area contributed by atoms with Gasteiger partial charge in [-0.3, -0.25) is 9.36 Å². The van der Waals surface area contributed by atoms with Gasteiger partial charge in [0.1, 0.15) is 5.65 Å². The van der Waals surface area contributed by atoms with Gasteiger partial charge in [0.15, 0.2) is 0 Å². The van der Waals surface area contributed by atoms with E-state index >= 15 is 0 Å². The van der Waals surface area contributed by atoms with Gasteiger partial charge >= 0.3 is 0 Å². The van der Waals surface area contributed by atoms with Crippen molar-refractivity contribution in [2.75, 3.05) is 18.4 Å². The predicted octanol–water partition coefficient (Wildman–Crippen LogP) is 4.54. The number of rotatable bonds is 6. The highest BCUT2D eigenvalue weighted by molar-refractivity contribution is 7.89. The van der Waals surface area contributed by atoms with Gasteiger partial charge in [-0.05, 0) is 63.4 Å². The number of nitrogens with zero attached hydrogens (tertiary/aromatic N) is 4. The minimum Gasteiger partial charge on any atom is -0.324 e. The molecule has 0 amide bonds. The Labute approximate surface area is 196 Å². The number of hydrogen-bond donors (Lipinski definition) is 1. The first kappa shape index (κ1) is 24.2. The Balaban J connectivity index is 1.68. The van der Waals surface area contributed by atoms with Crippen molar-refractivity contribution in [1.29, 1.82) is 0 Å². The molecule has 2 aromatic heterocycles. The van der Waals surface area contributed by atoms with Crippen molar-refractivity contribution in [3.05, 3.63) is 51.9 Å². The van der Waals surface area contributed by atoms with Crippen LogP contribution >= 0.6 is 0 Å². The number of anilines is 2. The Morgan fingerprint density at radius 1 is 1.09 bits per heavy atom. The van der Waals surface area contributed by atoms with Crippen LogP contribution in [0.4, 0.5) is 20.4 Å². The fraction of sp³-hybridized carbons (Fsp3) is 0.435. The van der Waals surface area contributed by atoms with Gasteiger partial charge in [0.05, 0.1) is 10.5 Å². The highest BCUT2D eigenvalue weighted by Gasteiger charge is 2.26. The van der Waals surface area contributed by atoms with Crippen LogP contribution in [0.1, 0.15) is 56.7 Å². The smallest absolute Gasteiger partial charge is 0.269 e. The maximum atomic E-state index is 13.3. The minimum absolute atomic E-state index is 0.167. The van der Waals surface area contributed by atoms with E-state index in [9.17, 15) is 22.0 Å². The maximum absolute atomic E-state index is 13.3. The summed E-state index contributed by atoms with van der Waals surface area (Å²) >= 11 is 0. The molecule has 0 unspecified atom stereocenters. The fourth-order valence-electron chi connectivity index (χ4n) is 4.15. The lowest BCUT2D eigenvalue weighted by Gasteiger charge is -2.26. The molecule has 1 saturated heterocycles. The van der Waals surface area contributed by atoms with Gasteiger partial charge < -0.3 is 5.32 Å². The molecule has 1 aliphatic heterocycles. The first-order chi connectivity index (χ1) is 16.1. The Morgan fingerprint density at radius 2 is 1.79 bits per heavy atom. The molecule has 0 atom stereocenters. The summed E-state index contributed by atoms with van der Waals surface area (Å²) < 4.78 is 55.3. The molecule has 11 heteroatoms. The van der Waals surface area contributed by atoms with E-state index in [1.54, 1.807) is 39.0 Å². The van der Waals surface area contributed by atoms with Crippen molar-refractivity contribution in [3.63, 3.8) is 0 Å². The van der Waals surface area contributed by atoms with E-state index in [0.29, 0.717) is 29.7 Å². The summed E-state index contributed by atoms with van der Waals surface area (Å²) in [5.41, 5.74) is 0.136. The normalized spacial score (nSPS) is 15.4. The number of aromatic nitrogens is 3. The SMILES string of the molecule is Cc1cc(S(=O)(=O)N2CCCCC2)ccc1Nc1ncc2cc(C(F)F)c(=O)n(C(C)C)c2n1. The molecular weight excluding hydrogens is 464 g/mol. The maximum Gasteiger partial charge on any atom is 0.269 e. The van der Waals surface area contributed by atoms with Crippen molar-refractivity contribution in [2.45, 2.75) is 57.4 Å². The Bertz CT molecular complexity index is 1380. The zero-order valence-electron chi connectivity index (χ0n) is 19.3. The van der Waals surface area contributed by atoms with E-state index in [4.69, 9.17) is 0 Å². The van der Waals surface area contributed by atoms with Crippen molar-refractivity contribution >= 4 is 32.7 Å². The summed E-state index contributed by atoms with van der Waals surface area (Å²) in [5.74, 6) is 0.167. The van der Waals surface area contributed by atoms with Gasteiger partial charge in [-0.25, -0.2) is 22.2 Å². The second-order valence-corrected chi connectivity index (χ2v) is 10.6. The van der Waals surface area contributed by atoms with Gasteiger partial charge in [-0.2, -0.15) is 9.29 Å². The molecule has 0 saturated carbocycles. The molecule has 0 bridgehead atoms. The van der Waals surface area contributed by atoms with Gasteiger partial charge in [0.2, 0.25) is 16.0 Å². The number of fused-ring (bicyclic) bond motifs is 1. The number of halogens is 2. The monoisotopic (exact) mass is 491 g/mol. The van der Waals surface area contributed by atoms with Crippen LogP contribution in [0.3, 0.4) is 0 Å². The van der Waals surface area contributed by atoms with E-state index in [2.05, 4.69) is 15.3 Å². The molecule has 0 spiro atoms. The zero-order chi connectivity index (χ0) is 24.6. The molecule has 0 aliphatic carbocycles. The van der Waals surface area contributed by atoms with Crippen LogP contribution in [0.5, 0.6) is 0 Å². The second kappa shape index (κ2) is 9.38. The van der Waals surface area contributed by atoms with E-state index in [0.717, 1.165) is 25.3 Å². The number of pyridine rings is 1. The molecule has 1 aromatic carbocycles. The number of alkyl halides is 2. The summed E-state index contributed by atoms with van der Waals surface area (Å²) in [5, 5.41) is 3.38. The van der Waals surface area contributed by atoms with Crippen molar-refractivity contribution in [2.24, 2.45) is 0 Å². The topological polar surface area (TPSA) is 97.2 Å². The first-order valence-electron chi connectivity index (χ1n) is 11.2. The molecule has 182 valence electrons. The quantitative estimate of drug-likeness (QED) is 0.544. The lowest BCUT2D eigenvalue weighted by Crippen LogP contribution is -2.35. The molecule has 3 aromatic rings. The van der Waals surface area contributed by atoms with Crippen LogP contribution in [0.25, 0.3) is 11.0 Å². The van der Waals surface area contributed by atoms with Crippen LogP contribution in [0.2, 0.25) is 0 Å². The summed E-state index contributed by atoms with van der Waals surface area (Å²) in [6.45, 7) is 6.26. The van der Waals surface area contributed by atoms with Crippen LogP contribution in [0.15, 0.2) is 40.2 Å². The van der Waals surface area contributed by atoms with E-state index in [1.807, 2.05) is 0 Å². The standard InChI is InChI=1S/C23H27F2N5O3S/c1-14(2)30-21-16(12-18(20(24)25)22(30)31)13-26-23(28-21)27-19-8-7-17(11-15(19)3)34(32,33)29-9-5-4-6-10-29/h7-8,11-14,20H,4-6,9-10H2,1-3H3,(H,26,27,28). The van der Waals surface area contributed by atoms with Crippen LogP contribution in [-0.2, 0) is 10.0 Å². The molecule has 1 fully saturated rings. The fourth-order valence-corrected chi connectivity index (χ4v) is 5.75. The highest BCUT2D eigenvalue weighted by atomic mass is 32.2. The van der Waals surface area contributed by atoms with E-state index in [-0.39, 0.29) is 16.5 Å². The van der Waals surface area contributed by atoms with Gasteiger partial charge in [0, 0.05) is 36.4 Å². The Hall–Kier alpha value is -2.92. The highest BCUT2D eigenvalue weighted by Crippen LogP contribution is 2.27. The Kier molecular flexibility index (Phi) is 6.68. The average molecular weight is 492 g/mol. The lowest BCUT2D eigenvalue weighted by molar-refractivity contribution is 0.149. The van der Waals surface area contributed by atoms with Crippen LogP contribution < -0.4 is 10.9 Å². The molecule has 0 radical (unpaired) electrons. The van der Waals surface area contributed by atoms with Gasteiger partial charge in [-0.1, -0.05) is 6.42 Å². The van der Waals surface area contributed by atoms with Crippen molar-refractivity contribution < 1.29 is 17.2 Å². The predicted molar refractivity (Wildman–Crippen MR) is 126 cm³/mol. The molecular formula is C23H27F2N5O3S. The number of aryl methyl sites for hydroxylation is 1. The van der Waals surface area contributed by atoms with Crippen LogP contribution in [0, 0.1) is 6.92 Å². The van der Waals surface area contributed by atoms with Gasteiger partial charge in [-0.15, -0.1) is 0 Å². The third kappa shape index (κ3) is 4.54. The number of sulfonamides is 1. The number of benzene rings is 1. The third-order valence-electron chi connectivity index (χ3n) is 5.95.